The van der Waals surface area contributed by atoms with Crippen molar-refractivity contribution in [3.8, 4) is 11.8 Å². The number of benzene rings is 1. The van der Waals surface area contributed by atoms with Crippen LogP contribution in [0, 0.1) is 24.7 Å². The Bertz CT molecular complexity index is 553. The van der Waals surface area contributed by atoms with Crippen molar-refractivity contribution in [3.05, 3.63) is 34.9 Å². The van der Waals surface area contributed by atoms with Gasteiger partial charge in [-0.25, -0.2) is 0 Å². The van der Waals surface area contributed by atoms with Gasteiger partial charge in [0, 0.05) is 24.3 Å². The molecule has 1 aliphatic carbocycles. The first kappa shape index (κ1) is 15.6. The van der Waals surface area contributed by atoms with Gasteiger partial charge in [-0.05, 0) is 43.4 Å². The summed E-state index contributed by atoms with van der Waals surface area (Å²) in [6, 6.07) is 5.42. The third-order valence-electron chi connectivity index (χ3n) is 3.46. The highest BCUT2D eigenvalue weighted by atomic mass is 16.5. The standard InChI is InChI=1S/C17H21NO3/c1-13-15(5-3-10-19)4-2-6-16(13)17(20)18-9-11-21-12-14-7-8-14/h2,4,6,14,19H,7-12H2,1H3,(H,18,20). The van der Waals surface area contributed by atoms with Gasteiger partial charge < -0.3 is 15.2 Å². The maximum absolute atomic E-state index is 12.1. The minimum atomic E-state index is -0.186. The summed E-state index contributed by atoms with van der Waals surface area (Å²) in [4.78, 5) is 12.1. The lowest BCUT2D eigenvalue weighted by atomic mass is 10.0. The summed E-state index contributed by atoms with van der Waals surface area (Å²) >= 11 is 0. The number of carbonyl (C=O) groups excluding carboxylic acids is 1. The number of aliphatic hydroxyl groups is 1. The highest BCUT2D eigenvalue weighted by Gasteiger charge is 2.20. The monoisotopic (exact) mass is 287 g/mol. The number of hydrogen-bond acceptors (Lipinski definition) is 3. The second kappa shape index (κ2) is 7.82. The molecule has 2 N–H and O–H groups in total. The van der Waals surface area contributed by atoms with Crippen LogP contribution in [0.3, 0.4) is 0 Å². The van der Waals surface area contributed by atoms with E-state index in [9.17, 15) is 4.79 Å². The molecule has 1 aliphatic rings. The molecule has 1 aromatic rings. The first-order valence-corrected chi connectivity index (χ1v) is 7.27. The molecule has 112 valence electrons. The van der Waals surface area contributed by atoms with Gasteiger partial charge in [0.25, 0.3) is 5.91 Å². The largest absolute Gasteiger partial charge is 0.384 e. The fourth-order valence-electron chi connectivity index (χ4n) is 2.02. The third kappa shape index (κ3) is 4.89. The number of ether oxygens (including phenoxy) is 1. The van der Waals surface area contributed by atoms with Gasteiger partial charge in [-0.15, -0.1) is 0 Å². The van der Waals surface area contributed by atoms with E-state index in [2.05, 4.69) is 17.2 Å². The van der Waals surface area contributed by atoms with Gasteiger partial charge in [0.1, 0.15) is 6.61 Å². The second-order valence-electron chi connectivity index (χ2n) is 5.21. The minimum Gasteiger partial charge on any atom is -0.384 e. The maximum Gasteiger partial charge on any atom is 0.251 e. The van der Waals surface area contributed by atoms with E-state index in [1.54, 1.807) is 12.1 Å². The minimum absolute atomic E-state index is 0.116. The predicted octanol–water partition coefficient (Wildman–Crippen LogP) is 1.50. The molecule has 1 saturated carbocycles. The first-order valence-electron chi connectivity index (χ1n) is 7.27. The smallest absolute Gasteiger partial charge is 0.251 e. The summed E-state index contributed by atoms with van der Waals surface area (Å²) < 4.78 is 5.49. The molecule has 4 heteroatoms. The molecule has 1 fully saturated rings. The zero-order valence-electron chi connectivity index (χ0n) is 12.3. The summed E-state index contributed by atoms with van der Waals surface area (Å²) in [5.41, 5.74) is 2.21. The van der Waals surface area contributed by atoms with Crippen molar-refractivity contribution in [2.45, 2.75) is 19.8 Å². The van der Waals surface area contributed by atoms with E-state index in [-0.39, 0.29) is 12.5 Å². The molecule has 1 amide bonds. The van der Waals surface area contributed by atoms with Gasteiger partial charge >= 0.3 is 0 Å². The number of carbonyl (C=O) groups is 1. The van der Waals surface area contributed by atoms with Crippen LogP contribution in [0.1, 0.15) is 34.3 Å². The molecular formula is C17H21NO3. The van der Waals surface area contributed by atoms with Crippen molar-refractivity contribution in [2.24, 2.45) is 5.92 Å². The Kier molecular flexibility index (Phi) is 5.79. The first-order chi connectivity index (χ1) is 10.2. The third-order valence-corrected chi connectivity index (χ3v) is 3.46. The SMILES string of the molecule is Cc1c(C#CCO)cccc1C(=O)NCCOCC1CC1. The Morgan fingerprint density at radius 1 is 1.48 bits per heavy atom. The molecule has 0 bridgehead atoms. The van der Waals surface area contributed by atoms with E-state index in [4.69, 9.17) is 9.84 Å². The van der Waals surface area contributed by atoms with Crippen LogP contribution in [0.5, 0.6) is 0 Å². The van der Waals surface area contributed by atoms with Crippen molar-refractivity contribution in [1.29, 1.82) is 0 Å². The van der Waals surface area contributed by atoms with E-state index in [1.165, 1.54) is 12.8 Å². The van der Waals surface area contributed by atoms with Crippen LogP contribution in [0.15, 0.2) is 18.2 Å². The van der Waals surface area contributed by atoms with Crippen molar-refractivity contribution < 1.29 is 14.6 Å². The molecule has 0 atom stereocenters. The molecule has 0 unspecified atom stereocenters. The van der Waals surface area contributed by atoms with E-state index in [0.717, 1.165) is 23.7 Å². The number of nitrogens with one attached hydrogen (secondary N) is 1. The number of aliphatic hydroxyl groups excluding tert-OH is 1. The van der Waals surface area contributed by atoms with Crippen LogP contribution in [0.4, 0.5) is 0 Å². The zero-order valence-corrected chi connectivity index (χ0v) is 12.3. The number of amides is 1. The molecule has 0 aromatic heterocycles. The summed E-state index contributed by atoms with van der Waals surface area (Å²) in [5, 5.41) is 11.6. The summed E-state index contributed by atoms with van der Waals surface area (Å²) in [7, 11) is 0. The van der Waals surface area contributed by atoms with Gasteiger partial charge in [-0.3, -0.25) is 4.79 Å². The Morgan fingerprint density at radius 3 is 3.00 bits per heavy atom. The maximum atomic E-state index is 12.1. The number of rotatable bonds is 6. The van der Waals surface area contributed by atoms with E-state index in [1.807, 2.05) is 13.0 Å². The lowest BCUT2D eigenvalue weighted by molar-refractivity contribution is 0.0906. The lowest BCUT2D eigenvalue weighted by Crippen LogP contribution is -2.28. The summed E-state index contributed by atoms with van der Waals surface area (Å²) in [5.74, 6) is 6.08. The Morgan fingerprint density at radius 2 is 2.29 bits per heavy atom. The molecule has 0 aliphatic heterocycles. The molecule has 0 radical (unpaired) electrons. The molecule has 0 saturated heterocycles. The van der Waals surface area contributed by atoms with E-state index in [0.29, 0.717) is 18.7 Å². The van der Waals surface area contributed by atoms with E-state index < -0.39 is 0 Å². The average molecular weight is 287 g/mol. The molecule has 0 spiro atoms. The quantitative estimate of drug-likeness (QED) is 0.616. The van der Waals surface area contributed by atoms with Crippen LogP contribution in [0.25, 0.3) is 0 Å². The summed E-state index contributed by atoms with van der Waals surface area (Å²) in [6.45, 7) is 3.54. The van der Waals surface area contributed by atoms with Gasteiger partial charge in [0.15, 0.2) is 0 Å². The van der Waals surface area contributed by atoms with E-state index >= 15 is 0 Å². The van der Waals surface area contributed by atoms with Crippen LogP contribution in [-0.2, 0) is 4.74 Å². The Labute approximate surface area is 125 Å². The van der Waals surface area contributed by atoms with Gasteiger partial charge in [-0.1, -0.05) is 17.9 Å². The Balaban J connectivity index is 1.85. The van der Waals surface area contributed by atoms with Crippen molar-refractivity contribution in [3.63, 3.8) is 0 Å². The van der Waals surface area contributed by atoms with Crippen LogP contribution >= 0.6 is 0 Å². The summed E-state index contributed by atoms with van der Waals surface area (Å²) in [6.07, 6.45) is 2.54. The average Bonchev–Trinajstić information content (AvgIpc) is 3.30. The van der Waals surface area contributed by atoms with Crippen LogP contribution in [-0.4, -0.2) is 37.4 Å². The zero-order chi connectivity index (χ0) is 15.1. The van der Waals surface area contributed by atoms with Gasteiger partial charge in [-0.2, -0.15) is 0 Å². The van der Waals surface area contributed by atoms with Gasteiger partial charge in [0.05, 0.1) is 6.61 Å². The molecule has 2 rings (SSSR count). The normalized spacial score (nSPS) is 13.4. The lowest BCUT2D eigenvalue weighted by Gasteiger charge is -2.09. The highest BCUT2D eigenvalue weighted by Crippen LogP contribution is 2.28. The predicted molar refractivity (Wildman–Crippen MR) is 81.0 cm³/mol. The topological polar surface area (TPSA) is 58.6 Å². The highest BCUT2D eigenvalue weighted by molar-refractivity contribution is 5.96. The molecule has 4 nitrogen and oxygen atoms in total. The van der Waals surface area contributed by atoms with Crippen molar-refractivity contribution in [1.82, 2.24) is 5.32 Å². The van der Waals surface area contributed by atoms with Gasteiger partial charge in [0.2, 0.25) is 0 Å². The number of hydrogen-bond donors (Lipinski definition) is 2. The van der Waals surface area contributed by atoms with Crippen molar-refractivity contribution >= 4 is 5.91 Å². The molecule has 1 aromatic carbocycles. The Hall–Kier alpha value is -1.83. The van der Waals surface area contributed by atoms with Crippen molar-refractivity contribution in [2.75, 3.05) is 26.4 Å². The molecule has 21 heavy (non-hydrogen) atoms. The fourth-order valence-corrected chi connectivity index (χ4v) is 2.02. The second-order valence-corrected chi connectivity index (χ2v) is 5.21. The molecule has 0 heterocycles. The van der Waals surface area contributed by atoms with Crippen LogP contribution in [0.2, 0.25) is 0 Å². The van der Waals surface area contributed by atoms with Crippen LogP contribution < -0.4 is 5.32 Å². The fraction of sp³-hybridized carbons (Fsp3) is 0.471. The molecular weight excluding hydrogens is 266 g/mol.